The zero-order valence-electron chi connectivity index (χ0n) is 19.4. The number of carbonyl (C=O) groups is 2. The summed E-state index contributed by atoms with van der Waals surface area (Å²) in [7, 11) is 1.15. The maximum Gasteiger partial charge on any atom is 0.338 e. The maximum atomic E-state index is 13.5. The zero-order chi connectivity index (χ0) is 25.8. The number of ether oxygens (including phenoxy) is 1. The standard InChI is InChI=1S/C26H23F2N3O5/c1-36-26(33)20-14-19(15-23(16-20)31(34)35)25(32)30-12-10-29(11-13-30)24(17-2-6-21(27)7-3-17)18-4-8-22(28)9-5-18/h2-9,14-16,24H,10-13H2,1H3. The van der Waals surface area contributed by atoms with Gasteiger partial charge in [0.1, 0.15) is 11.6 Å². The molecule has 0 N–H and O–H groups in total. The van der Waals surface area contributed by atoms with Gasteiger partial charge in [0.25, 0.3) is 11.6 Å². The summed E-state index contributed by atoms with van der Waals surface area (Å²) in [6.45, 7) is 1.52. The van der Waals surface area contributed by atoms with Gasteiger partial charge in [-0.05, 0) is 41.5 Å². The van der Waals surface area contributed by atoms with Gasteiger partial charge in [0.2, 0.25) is 0 Å². The minimum absolute atomic E-state index is 0.0201. The molecule has 1 amide bonds. The largest absolute Gasteiger partial charge is 0.465 e. The first kappa shape index (κ1) is 24.9. The van der Waals surface area contributed by atoms with Crippen molar-refractivity contribution >= 4 is 17.6 Å². The lowest BCUT2D eigenvalue weighted by atomic mass is 9.96. The normalized spacial score (nSPS) is 14.1. The Morgan fingerprint density at radius 3 is 1.83 bits per heavy atom. The van der Waals surface area contributed by atoms with Crippen molar-refractivity contribution in [3.63, 3.8) is 0 Å². The minimum Gasteiger partial charge on any atom is -0.465 e. The number of benzene rings is 3. The van der Waals surface area contributed by atoms with Crippen LogP contribution in [-0.2, 0) is 4.74 Å². The van der Waals surface area contributed by atoms with Crippen LogP contribution in [0.1, 0.15) is 37.9 Å². The molecule has 0 radical (unpaired) electrons. The fraction of sp³-hybridized carbons (Fsp3) is 0.231. The third-order valence-electron chi connectivity index (χ3n) is 6.13. The molecule has 0 unspecified atom stereocenters. The smallest absolute Gasteiger partial charge is 0.338 e. The van der Waals surface area contributed by atoms with Gasteiger partial charge in [0.05, 0.1) is 23.6 Å². The first-order valence-electron chi connectivity index (χ1n) is 11.2. The van der Waals surface area contributed by atoms with Gasteiger partial charge in [-0.2, -0.15) is 0 Å². The van der Waals surface area contributed by atoms with Gasteiger partial charge < -0.3 is 9.64 Å². The number of piperazine rings is 1. The number of carbonyl (C=O) groups excluding carboxylic acids is 2. The Morgan fingerprint density at radius 2 is 1.36 bits per heavy atom. The van der Waals surface area contributed by atoms with Crippen molar-refractivity contribution in [1.29, 1.82) is 0 Å². The summed E-state index contributed by atoms with van der Waals surface area (Å²) in [6, 6.07) is 15.4. The monoisotopic (exact) mass is 495 g/mol. The Morgan fingerprint density at radius 1 is 0.861 bits per heavy atom. The summed E-state index contributed by atoms with van der Waals surface area (Å²) in [4.78, 5) is 39.4. The molecule has 1 fully saturated rings. The molecule has 3 aromatic carbocycles. The zero-order valence-corrected chi connectivity index (χ0v) is 19.4. The Hall–Kier alpha value is -4.18. The van der Waals surface area contributed by atoms with Crippen LogP contribution in [0.4, 0.5) is 14.5 Å². The second-order valence-corrected chi connectivity index (χ2v) is 8.35. The van der Waals surface area contributed by atoms with Crippen molar-refractivity contribution in [2.45, 2.75) is 6.04 Å². The quantitative estimate of drug-likeness (QED) is 0.289. The molecule has 8 nitrogen and oxygen atoms in total. The van der Waals surface area contributed by atoms with Crippen molar-refractivity contribution < 1.29 is 28.0 Å². The Balaban J connectivity index is 1.56. The molecule has 186 valence electrons. The summed E-state index contributed by atoms with van der Waals surface area (Å²) >= 11 is 0. The Kier molecular flexibility index (Phi) is 7.35. The number of hydrogen-bond donors (Lipinski definition) is 0. The molecule has 0 saturated carbocycles. The molecule has 10 heteroatoms. The highest BCUT2D eigenvalue weighted by molar-refractivity contribution is 5.99. The lowest BCUT2D eigenvalue weighted by molar-refractivity contribution is -0.384. The van der Waals surface area contributed by atoms with Gasteiger partial charge in [0, 0.05) is 43.9 Å². The molecule has 0 spiro atoms. The van der Waals surface area contributed by atoms with Crippen molar-refractivity contribution in [1.82, 2.24) is 9.80 Å². The average Bonchev–Trinajstić information content (AvgIpc) is 2.90. The highest BCUT2D eigenvalue weighted by Crippen LogP contribution is 2.30. The SMILES string of the molecule is COC(=O)c1cc(C(=O)N2CCN(C(c3ccc(F)cc3)c3ccc(F)cc3)CC2)cc([N+](=O)[O-])c1. The van der Waals surface area contributed by atoms with Gasteiger partial charge in [-0.3, -0.25) is 19.8 Å². The third-order valence-corrected chi connectivity index (χ3v) is 6.13. The van der Waals surface area contributed by atoms with Crippen LogP contribution >= 0.6 is 0 Å². The number of hydrogen-bond acceptors (Lipinski definition) is 6. The lowest BCUT2D eigenvalue weighted by Crippen LogP contribution is -2.49. The number of methoxy groups -OCH3 is 1. The predicted octanol–water partition coefficient (Wildman–Crippen LogP) is 4.21. The molecule has 1 aliphatic rings. The maximum absolute atomic E-state index is 13.5. The molecule has 1 heterocycles. The number of rotatable bonds is 6. The molecule has 3 aromatic rings. The fourth-order valence-corrected chi connectivity index (χ4v) is 4.35. The molecule has 0 aliphatic carbocycles. The highest BCUT2D eigenvalue weighted by Gasteiger charge is 2.30. The molecule has 0 aromatic heterocycles. The molecule has 36 heavy (non-hydrogen) atoms. The predicted molar refractivity (Wildman–Crippen MR) is 127 cm³/mol. The van der Waals surface area contributed by atoms with Crippen LogP contribution in [0.3, 0.4) is 0 Å². The van der Waals surface area contributed by atoms with E-state index < -0.39 is 16.8 Å². The molecule has 1 saturated heterocycles. The number of amides is 1. The highest BCUT2D eigenvalue weighted by atomic mass is 19.1. The topological polar surface area (TPSA) is 93.0 Å². The second-order valence-electron chi connectivity index (χ2n) is 8.35. The number of nitro groups is 1. The molecule has 0 atom stereocenters. The second kappa shape index (κ2) is 10.6. The van der Waals surface area contributed by atoms with E-state index >= 15 is 0 Å². The molecular formula is C26H23F2N3O5. The first-order chi connectivity index (χ1) is 17.3. The summed E-state index contributed by atoms with van der Waals surface area (Å²) in [6.07, 6.45) is 0. The number of nitro benzene ring substituents is 1. The van der Waals surface area contributed by atoms with Crippen molar-refractivity contribution in [3.05, 3.63) is 111 Å². The first-order valence-corrected chi connectivity index (χ1v) is 11.2. The van der Waals surface area contributed by atoms with E-state index in [2.05, 4.69) is 9.64 Å². The van der Waals surface area contributed by atoms with Crippen molar-refractivity contribution in [2.75, 3.05) is 33.3 Å². The van der Waals surface area contributed by atoms with Gasteiger partial charge in [-0.15, -0.1) is 0 Å². The summed E-state index contributed by atoms with van der Waals surface area (Å²) < 4.78 is 31.8. The van der Waals surface area contributed by atoms with E-state index in [1.54, 1.807) is 29.2 Å². The number of non-ortho nitro benzene ring substituents is 1. The van der Waals surface area contributed by atoms with E-state index in [0.717, 1.165) is 30.4 Å². The lowest BCUT2D eigenvalue weighted by Gasteiger charge is -2.39. The molecule has 4 rings (SSSR count). The Labute approximate surface area is 205 Å². The molecule has 0 bridgehead atoms. The number of esters is 1. The van der Waals surface area contributed by atoms with Crippen LogP contribution in [0.15, 0.2) is 66.7 Å². The van der Waals surface area contributed by atoms with Crippen LogP contribution in [0, 0.1) is 21.7 Å². The van der Waals surface area contributed by atoms with Crippen molar-refractivity contribution in [2.24, 2.45) is 0 Å². The fourth-order valence-electron chi connectivity index (χ4n) is 4.35. The average molecular weight is 495 g/mol. The van der Waals surface area contributed by atoms with E-state index in [1.165, 1.54) is 30.3 Å². The van der Waals surface area contributed by atoms with Gasteiger partial charge >= 0.3 is 5.97 Å². The van der Waals surface area contributed by atoms with Crippen LogP contribution < -0.4 is 0 Å². The third kappa shape index (κ3) is 5.38. The number of nitrogens with zero attached hydrogens (tertiary/aromatic N) is 3. The summed E-state index contributed by atoms with van der Waals surface area (Å²) in [5.74, 6) is -1.95. The van der Waals surface area contributed by atoms with Crippen LogP contribution in [-0.4, -0.2) is 59.9 Å². The Bertz CT molecular complexity index is 1230. The summed E-state index contributed by atoms with van der Waals surface area (Å²) in [5, 5.41) is 11.3. The van der Waals surface area contributed by atoms with Gasteiger partial charge in [-0.25, -0.2) is 13.6 Å². The van der Waals surface area contributed by atoms with Crippen LogP contribution in [0.25, 0.3) is 0 Å². The van der Waals surface area contributed by atoms with Gasteiger partial charge in [0.15, 0.2) is 0 Å². The van der Waals surface area contributed by atoms with E-state index in [1.807, 2.05) is 0 Å². The van der Waals surface area contributed by atoms with Crippen molar-refractivity contribution in [3.8, 4) is 0 Å². The van der Waals surface area contributed by atoms with Gasteiger partial charge in [-0.1, -0.05) is 24.3 Å². The van der Waals surface area contributed by atoms with E-state index in [0.29, 0.717) is 26.2 Å². The number of halogens is 2. The summed E-state index contributed by atoms with van der Waals surface area (Å²) in [5.41, 5.74) is 1.20. The van der Waals surface area contributed by atoms with Crippen LogP contribution in [0.5, 0.6) is 0 Å². The van der Waals surface area contributed by atoms with E-state index in [4.69, 9.17) is 0 Å². The van der Waals surface area contributed by atoms with Crippen LogP contribution in [0.2, 0.25) is 0 Å². The van der Waals surface area contributed by atoms with E-state index in [-0.39, 0.29) is 34.5 Å². The molecular weight excluding hydrogens is 472 g/mol. The minimum atomic E-state index is -0.779. The molecule has 1 aliphatic heterocycles. The van der Waals surface area contributed by atoms with E-state index in [9.17, 15) is 28.5 Å².